The van der Waals surface area contributed by atoms with Crippen molar-refractivity contribution in [2.75, 3.05) is 18.0 Å². The van der Waals surface area contributed by atoms with Gasteiger partial charge in [0.25, 0.3) is 15.7 Å². The number of nitrogens with zero attached hydrogens (tertiary/aromatic N) is 3. The van der Waals surface area contributed by atoms with Crippen LogP contribution in [0.4, 0.5) is 11.4 Å². The standard InChI is InChI=1S/C31H38N4O7S/c1-21-9-8-10-24(17-21)19-33(23(3)30(37)32-31(4,5)6)29(36)20-34(25-12-14-26(42-7)15-13-25)43(40,41)27-16-11-22(2)28(18-27)35(38)39/h8-18,23H,19-20H2,1-7H3,(H,32,37). The van der Waals surface area contributed by atoms with Crippen LogP contribution in [0.25, 0.3) is 0 Å². The molecule has 1 unspecified atom stereocenters. The first kappa shape index (κ1) is 33.1. The lowest BCUT2D eigenvalue weighted by Gasteiger charge is -2.33. The summed E-state index contributed by atoms with van der Waals surface area (Å²) in [6, 6.07) is 16.2. The van der Waals surface area contributed by atoms with E-state index in [9.17, 15) is 28.1 Å². The molecule has 230 valence electrons. The molecule has 0 heterocycles. The predicted octanol–water partition coefficient (Wildman–Crippen LogP) is 4.75. The zero-order valence-electron chi connectivity index (χ0n) is 25.5. The first-order chi connectivity index (χ1) is 20.0. The molecule has 12 heteroatoms. The minimum Gasteiger partial charge on any atom is -0.497 e. The maximum atomic E-state index is 14.1. The number of benzene rings is 3. The highest BCUT2D eigenvalue weighted by atomic mass is 32.2. The van der Waals surface area contributed by atoms with Crippen LogP contribution < -0.4 is 14.4 Å². The van der Waals surface area contributed by atoms with E-state index in [0.717, 1.165) is 21.5 Å². The van der Waals surface area contributed by atoms with Gasteiger partial charge in [0.2, 0.25) is 11.8 Å². The van der Waals surface area contributed by atoms with Gasteiger partial charge in [-0.25, -0.2) is 8.42 Å². The van der Waals surface area contributed by atoms with Crippen molar-refractivity contribution in [1.29, 1.82) is 0 Å². The Labute approximate surface area is 252 Å². The number of anilines is 1. The number of sulfonamides is 1. The van der Waals surface area contributed by atoms with Crippen molar-refractivity contribution in [2.45, 2.75) is 64.6 Å². The molecule has 11 nitrogen and oxygen atoms in total. The number of nitrogens with one attached hydrogen (secondary N) is 1. The van der Waals surface area contributed by atoms with Crippen molar-refractivity contribution < 1.29 is 27.7 Å². The van der Waals surface area contributed by atoms with E-state index >= 15 is 0 Å². The molecule has 43 heavy (non-hydrogen) atoms. The Kier molecular flexibility index (Phi) is 10.2. The fraction of sp³-hybridized carbons (Fsp3) is 0.355. The van der Waals surface area contributed by atoms with Gasteiger partial charge in [-0.2, -0.15) is 0 Å². The smallest absolute Gasteiger partial charge is 0.273 e. The second-order valence-electron chi connectivity index (χ2n) is 11.3. The minimum absolute atomic E-state index is 0.0474. The second kappa shape index (κ2) is 13.2. The number of nitro groups is 1. The number of methoxy groups -OCH3 is 1. The Balaban J connectivity index is 2.10. The summed E-state index contributed by atoms with van der Waals surface area (Å²) in [6.07, 6.45) is 0. The van der Waals surface area contributed by atoms with Crippen LogP contribution in [0.5, 0.6) is 5.75 Å². The summed E-state index contributed by atoms with van der Waals surface area (Å²) >= 11 is 0. The van der Waals surface area contributed by atoms with E-state index in [0.29, 0.717) is 11.3 Å². The maximum absolute atomic E-state index is 14.1. The fourth-order valence-electron chi connectivity index (χ4n) is 4.41. The highest BCUT2D eigenvalue weighted by Crippen LogP contribution is 2.29. The van der Waals surface area contributed by atoms with Gasteiger partial charge in [-0.1, -0.05) is 35.9 Å². The van der Waals surface area contributed by atoms with Crippen molar-refractivity contribution in [1.82, 2.24) is 10.2 Å². The average Bonchev–Trinajstić information content (AvgIpc) is 2.93. The van der Waals surface area contributed by atoms with Gasteiger partial charge in [0.1, 0.15) is 18.3 Å². The van der Waals surface area contributed by atoms with Crippen molar-refractivity contribution in [3.05, 3.63) is 93.5 Å². The van der Waals surface area contributed by atoms with Crippen LogP contribution in [-0.4, -0.2) is 55.3 Å². The van der Waals surface area contributed by atoms with E-state index < -0.39 is 44.9 Å². The van der Waals surface area contributed by atoms with Gasteiger partial charge in [-0.15, -0.1) is 0 Å². The Morgan fingerprint density at radius 2 is 1.67 bits per heavy atom. The summed E-state index contributed by atoms with van der Waals surface area (Å²) in [7, 11) is -3.03. The molecule has 0 spiro atoms. The molecule has 3 aromatic rings. The van der Waals surface area contributed by atoms with Gasteiger partial charge in [0.15, 0.2) is 0 Å². The summed E-state index contributed by atoms with van der Waals surface area (Å²) in [5, 5.41) is 14.5. The van der Waals surface area contributed by atoms with Crippen molar-refractivity contribution >= 4 is 33.2 Å². The molecule has 1 N–H and O–H groups in total. The van der Waals surface area contributed by atoms with Gasteiger partial charge in [0, 0.05) is 23.7 Å². The third-order valence-corrected chi connectivity index (χ3v) is 8.48. The molecule has 3 aromatic carbocycles. The molecule has 0 aliphatic heterocycles. The van der Waals surface area contributed by atoms with E-state index in [1.165, 1.54) is 43.2 Å². The maximum Gasteiger partial charge on any atom is 0.273 e. The number of hydrogen-bond acceptors (Lipinski definition) is 7. The van der Waals surface area contributed by atoms with Gasteiger partial charge in [-0.3, -0.25) is 24.0 Å². The first-order valence-electron chi connectivity index (χ1n) is 13.6. The fourth-order valence-corrected chi connectivity index (χ4v) is 5.85. The monoisotopic (exact) mass is 610 g/mol. The van der Waals surface area contributed by atoms with Crippen LogP contribution in [0.2, 0.25) is 0 Å². The highest BCUT2D eigenvalue weighted by molar-refractivity contribution is 7.92. The van der Waals surface area contributed by atoms with E-state index in [2.05, 4.69) is 5.32 Å². The molecule has 0 bridgehead atoms. The lowest BCUT2D eigenvalue weighted by Crippen LogP contribution is -2.54. The van der Waals surface area contributed by atoms with Crippen LogP contribution in [-0.2, 0) is 26.2 Å². The summed E-state index contributed by atoms with van der Waals surface area (Å²) in [4.78, 5) is 39.2. The molecule has 0 saturated carbocycles. The molecule has 0 saturated heterocycles. The van der Waals surface area contributed by atoms with Crippen LogP contribution >= 0.6 is 0 Å². The molecule has 0 aliphatic rings. The number of ether oxygens (including phenoxy) is 1. The van der Waals surface area contributed by atoms with Gasteiger partial charge in [0.05, 0.1) is 22.6 Å². The molecule has 0 fully saturated rings. The van der Waals surface area contributed by atoms with Crippen molar-refractivity contribution in [2.24, 2.45) is 0 Å². The number of hydrogen-bond donors (Lipinski definition) is 1. The van der Waals surface area contributed by atoms with E-state index in [1.54, 1.807) is 19.1 Å². The Morgan fingerprint density at radius 1 is 1.02 bits per heavy atom. The summed E-state index contributed by atoms with van der Waals surface area (Å²) in [6.45, 7) is 9.84. The van der Waals surface area contributed by atoms with Crippen molar-refractivity contribution in [3.63, 3.8) is 0 Å². The largest absolute Gasteiger partial charge is 0.497 e. The van der Waals surface area contributed by atoms with Crippen LogP contribution in [0.3, 0.4) is 0 Å². The highest BCUT2D eigenvalue weighted by Gasteiger charge is 2.34. The van der Waals surface area contributed by atoms with Gasteiger partial charge in [-0.05, 0) is 77.4 Å². The van der Waals surface area contributed by atoms with E-state index in [4.69, 9.17) is 4.74 Å². The lowest BCUT2D eigenvalue weighted by atomic mass is 10.1. The minimum atomic E-state index is -4.49. The normalized spacial score (nSPS) is 12.3. The van der Waals surface area contributed by atoms with Crippen molar-refractivity contribution in [3.8, 4) is 5.75 Å². The molecule has 3 rings (SSSR count). The zero-order chi connectivity index (χ0) is 32.1. The van der Waals surface area contributed by atoms with Gasteiger partial charge >= 0.3 is 0 Å². The number of carbonyl (C=O) groups excluding carboxylic acids is 2. The molecule has 0 radical (unpaired) electrons. The molecule has 0 aromatic heterocycles. The van der Waals surface area contributed by atoms with E-state index in [-0.39, 0.29) is 22.8 Å². The third-order valence-electron chi connectivity index (χ3n) is 6.71. The second-order valence-corrected chi connectivity index (χ2v) is 13.2. The summed E-state index contributed by atoms with van der Waals surface area (Å²) < 4.78 is 34.2. The lowest BCUT2D eigenvalue weighted by molar-refractivity contribution is -0.385. The first-order valence-corrected chi connectivity index (χ1v) is 15.1. The number of nitro benzene ring substituents is 1. The average molecular weight is 611 g/mol. The molecular formula is C31H38N4O7S. The Bertz CT molecular complexity index is 1600. The Morgan fingerprint density at radius 3 is 2.23 bits per heavy atom. The number of amides is 2. The topological polar surface area (TPSA) is 139 Å². The predicted molar refractivity (Wildman–Crippen MR) is 164 cm³/mol. The molecular weight excluding hydrogens is 572 g/mol. The SMILES string of the molecule is COc1ccc(N(CC(=O)N(Cc2cccc(C)c2)C(C)C(=O)NC(C)(C)C)S(=O)(=O)c2ccc(C)c([N+](=O)[O-])c2)cc1. The quantitative estimate of drug-likeness (QED) is 0.244. The third kappa shape index (κ3) is 8.31. The molecule has 2 amide bonds. The number of aryl methyl sites for hydroxylation is 2. The number of carbonyl (C=O) groups is 2. The van der Waals surface area contributed by atoms with Crippen LogP contribution in [0.1, 0.15) is 44.4 Å². The van der Waals surface area contributed by atoms with Crippen LogP contribution in [0, 0.1) is 24.0 Å². The van der Waals surface area contributed by atoms with Gasteiger partial charge < -0.3 is 15.0 Å². The summed E-state index contributed by atoms with van der Waals surface area (Å²) in [5.41, 5.74) is 1.22. The molecule has 0 aliphatic carbocycles. The Hall–Kier alpha value is -4.45. The summed E-state index contributed by atoms with van der Waals surface area (Å²) in [5.74, 6) is -0.576. The molecule has 1 atom stereocenters. The van der Waals surface area contributed by atoms with Crippen LogP contribution in [0.15, 0.2) is 71.6 Å². The number of rotatable bonds is 11. The zero-order valence-corrected chi connectivity index (χ0v) is 26.3. The van der Waals surface area contributed by atoms with E-state index in [1.807, 2.05) is 52.0 Å².